The standard InChI is InChI=1S/C21H16F9NO2/c1-11-18(13-6-15(20(25,26)27)8-16(7-13)21(28,29)30)33-17(32)10-31(11)9-12-3-2-4-14(5-12)19(22,23)24/h2-8,11,18H,9-10H2,1H3. The zero-order valence-corrected chi connectivity index (χ0v) is 16.8. The lowest BCUT2D eigenvalue weighted by atomic mass is 9.95. The Morgan fingerprint density at radius 3 is 1.91 bits per heavy atom. The minimum Gasteiger partial charge on any atom is -0.455 e. The highest BCUT2D eigenvalue weighted by Gasteiger charge is 2.41. The van der Waals surface area contributed by atoms with Crippen LogP contribution in [-0.4, -0.2) is 23.5 Å². The summed E-state index contributed by atoms with van der Waals surface area (Å²) < 4.78 is 123. The Hall–Kier alpha value is -2.76. The highest BCUT2D eigenvalue weighted by atomic mass is 19.4. The summed E-state index contributed by atoms with van der Waals surface area (Å²) in [6.45, 7) is 0.791. The number of hydrogen-bond donors (Lipinski definition) is 0. The summed E-state index contributed by atoms with van der Waals surface area (Å²) in [5.74, 6) is -0.934. The summed E-state index contributed by atoms with van der Waals surface area (Å²) in [6, 6.07) is 4.19. The molecule has 1 heterocycles. The molecular formula is C21H16F9NO2. The van der Waals surface area contributed by atoms with Crippen LogP contribution in [-0.2, 0) is 34.6 Å². The monoisotopic (exact) mass is 485 g/mol. The smallest absolute Gasteiger partial charge is 0.416 e. The molecule has 2 aromatic carbocycles. The van der Waals surface area contributed by atoms with Crippen LogP contribution < -0.4 is 0 Å². The molecule has 1 saturated heterocycles. The van der Waals surface area contributed by atoms with Gasteiger partial charge in [-0.25, -0.2) is 0 Å². The molecule has 0 bridgehead atoms. The van der Waals surface area contributed by atoms with Gasteiger partial charge in [-0.05, 0) is 42.3 Å². The Morgan fingerprint density at radius 1 is 0.848 bits per heavy atom. The van der Waals surface area contributed by atoms with Gasteiger partial charge in [0.1, 0.15) is 6.10 Å². The van der Waals surface area contributed by atoms with Crippen molar-refractivity contribution in [3.05, 3.63) is 70.3 Å². The second-order valence-corrected chi connectivity index (χ2v) is 7.59. The average molecular weight is 485 g/mol. The Labute approximate surface area is 181 Å². The fraction of sp³-hybridized carbons (Fsp3) is 0.381. The third-order valence-corrected chi connectivity index (χ3v) is 5.18. The third kappa shape index (κ3) is 5.79. The van der Waals surface area contributed by atoms with Crippen LogP contribution in [0.25, 0.3) is 0 Å². The Bertz CT molecular complexity index is 995. The number of rotatable bonds is 3. The van der Waals surface area contributed by atoms with E-state index in [-0.39, 0.29) is 18.2 Å². The maximum atomic E-state index is 13.2. The number of cyclic esters (lactones) is 1. The minimum atomic E-state index is -5.09. The van der Waals surface area contributed by atoms with E-state index in [1.807, 2.05) is 0 Å². The van der Waals surface area contributed by atoms with Gasteiger partial charge in [0.15, 0.2) is 0 Å². The molecule has 3 rings (SSSR count). The van der Waals surface area contributed by atoms with Crippen molar-refractivity contribution in [2.24, 2.45) is 0 Å². The molecule has 12 heteroatoms. The zero-order chi connectivity index (χ0) is 24.8. The normalized spacial score (nSPS) is 20.6. The van der Waals surface area contributed by atoms with Crippen molar-refractivity contribution in [2.45, 2.75) is 44.1 Å². The maximum absolute atomic E-state index is 13.2. The molecule has 1 fully saturated rings. The van der Waals surface area contributed by atoms with Crippen LogP contribution in [0.5, 0.6) is 0 Å². The summed E-state index contributed by atoms with van der Waals surface area (Å²) in [5.41, 5.74) is -4.43. The summed E-state index contributed by atoms with van der Waals surface area (Å²) in [7, 11) is 0. The van der Waals surface area contributed by atoms with E-state index in [2.05, 4.69) is 0 Å². The van der Waals surface area contributed by atoms with Crippen molar-refractivity contribution in [3.8, 4) is 0 Å². The van der Waals surface area contributed by atoms with Gasteiger partial charge in [0.05, 0.1) is 23.2 Å². The number of halogens is 9. The lowest BCUT2D eigenvalue weighted by Gasteiger charge is -2.39. The number of nitrogens with zero attached hydrogens (tertiary/aromatic N) is 1. The number of esters is 1. The first kappa shape index (κ1) is 24.9. The van der Waals surface area contributed by atoms with E-state index in [9.17, 15) is 44.3 Å². The first-order chi connectivity index (χ1) is 15.1. The molecule has 33 heavy (non-hydrogen) atoms. The van der Waals surface area contributed by atoms with Gasteiger partial charge in [-0.15, -0.1) is 0 Å². The van der Waals surface area contributed by atoms with Gasteiger partial charge in [-0.1, -0.05) is 18.2 Å². The van der Waals surface area contributed by atoms with Crippen LogP contribution in [0, 0.1) is 0 Å². The molecule has 0 radical (unpaired) electrons. The van der Waals surface area contributed by atoms with Gasteiger partial charge >= 0.3 is 24.5 Å². The molecule has 0 aromatic heterocycles. The van der Waals surface area contributed by atoms with Gasteiger partial charge in [0.25, 0.3) is 0 Å². The van der Waals surface area contributed by atoms with Gasteiger partial charge in [-0.2, -0.15) is 39.5 Å². The van der Waals surface area contributed by atoms with Crippen LogP contribution in [0.4, 0.5) is 39.5 Å². The van der Waals surface area contributed by atoms with E-state index >= 15 is 0 Å². The average Bonchev–Trinajstić information content (AvgIpc) is 2.68. The highest BCUT2D eigenvalue weighted by molar-refractivity contribution is 5.73. The molecule has 0 N–H and O–H groups in total. The predicted octanol–water partition coefficient (Wildman–Crippen LogP) is 6.23. The van der Waals surface area contributed by atoms with E-state index in [4.69, 9.17) is 4.74 Å². The van der Waals surface area contributed by atoms with Crippen LogP contribution >= 0.6 is 0 Å². The van der Waals surface area contributed by atoms with Crippen molar-refractivity contribution < 1.29 is 49.0 Å². The predicted molar refractivity (Wildman–Crippen MR) is 96.6 cm³/mol. The van der Waals surface area contributed by atoms with Crippen LogP contribution in [0.15, 0.2) is 42.5 Å². The second-order valence-electron chi connectivity index (χ2n) is 7.59. The molecule has 1 aliphatic rings. The van der Waals surface area contributed by atoms with E-state index < -0.39 is 65.4 Å². The summed E-state index contributed by atoms with van der Waals surface area (Å²) in [5, 5.41) is 0. The van der Waals surface area contributed by atoms with Gasteiger partial charge in [0, 0.05) is 12.6 Å². The zero-order valence-electron chi connectivity index (χ0n) is 16.8. The SMILES string of the molecule is CC1C(c2cc(C(F)(F)F)cc(C(F)(F)F)c2)OC(=O)CN1Cc1cccc(C(F)(F)F)c1. The summed E-state index contributed by atoms with van der Waals surface area (Å²) in [4.78, 5) is 13.4. The number of hydrogen-bond acceptors (Lipinski definition) is 3. The van der Waals surface area contributed by atoms with Crippen molar-refractivity contribution in [1.29, 1.82) is 0 Å². The number of ether oxygens (including phenoxy) is 1. The van der Waals surface area contributed by atoms with Crippen LogP contribution in [0.3, 0.4) is 0 Å². The first-order valence-electron chi connectivity index (χ1n) is 9.45. The maximum Gasteiger partial charge on any atom is 0.416 e. The topological polar surface area (TPSA) is 29.5 Å². The Kier molecular flexibility index (Phi) is 6.44. The van der Waals surface area contributed by atoms with Crippen LogP contribution in [0.2, 0.25) is 0 Å². The quantitative estimate of drug-likeness (QED) is 0.381. The van der Waals surface area contributed by atoms with E-state index in [1.165, 1.54) is 17.9 Å². The lowest BCUT2D eigenvalue weighted by molar-refractivity contribution is -0.165. The lowest BCUT2D eigenvalue weighted by Crippen LogP contribution is -2.47. The van der Waals surface area contributed by atoms with E-state index in [0.717, 1.165) is 18.2 Å². The van der Waals surface area contributed by atoms with Gasteiger partial charge < -0.3 is 4.74 Å². The first-order valence-corrected chi connectivity index (χ1v) is 9.45. The molecule has 2 unspecified atom stereocenters. The second kappa shape index (κ2) is 8.54. The molecule has 2 aromatic rings. The number of benzene rings is 2. The molecule has 0 amide bonds. The minimum absolute atomic E-state index is 0.0424. The van der Waals surface area contributed by atoms with Crippen molar-refractivity contribution in [1.82, 2.24) is 4.90 Å². The van der Waals surface area contributed by atoms with Crippen molar-refractivity contribution in [3.63, 3.8) is 0 Å². The molecule has 0 aliphatic carbocycles. The molecular weight excluding hydrogens is 469 g/mol. The fourth-order valence-electron chi connectivity index (χ4n) is 3.55. The van der Waals surface area contributed by atoms with Crippen molar-refractivity contribution in [2.75, 3.05) is 6.54 Å². The Balaban J connectivity index is 1.96. The summed E-state index contributed by atoms with van der Waals surface area (Å²) in [6.07, 6.45) is -16.3. The van der Waals surface area contributed by atoms with E-state index in [1.54, 1.807) is 0 Å². The number of morpholine rings is 1. The third-order valence-electron chi connectivity index (χ3n) is 5.18. The van der Waals surface area contributed by atoms with Gasteiger partial charge in [0.2, 0.25) is 0 Å². The fourth-order valence-corrected chi connectivity index (χ4v) is 3.55. The number of alkyl halides is 9. The summed E-state index contributed by atoms with van der Waals surface area (Å²) >= 11 is 0. The molecule has 0 saturated carbocycles. The molecule has 180 valence electrons. The molecule has 0 spiro atoms. The molecule has 2 atom stereocenters. The van der Waals surface area contributed by atoms with Crippen molar-refractivity contribution >= 4 is 5.97 Å². The Morgan fingerprint density at radius 2 is 1.39 bits per heavy atom. The highest BCUT2D eigenvalue weighted by Crippen LogP contribution is 2.40. The largest absolute Gasteiger partial charge is 0.455 e. The van der Waals surface area contributed by atoms with E-state index in [0.29, 0.717) is 12.1 Å². The van der Waals surface area contributed by atoms with Gasteiger partial charge in [-0.3, -0.25) is 9.69 Å². The number of carbonyl (C=O) groups excluding carboxylic acids is 1. The molecule has 1 aliphatic heterocycles. The number of carbonyl (C=O) groups is 1. The molecule has 3 nitrogen and oxygen atoms in total. The van der Waals surface area contributed by atoms with Crippen LogP contribution in [0.1, 0.15) is 40.8 Å².